The third kappa shape index (κ3) is 4.05. The van der Waals surface area contributed by atoms with Crippen LogP contribution in [0.25, 0.3) is 0 Å². The number of thiazole rings is 1. The SMILES string of the molecule is Cc1cccc(C)c1OCCc1ncc(CNC2CC2)s1. The van der Waals surface area contributed by atoms with Gasteiger partial charge in [0.05, 0.1) is 11.6 Å². The van der Waals surface area contributed by atoms with Gasteiger partial charge in [-0.25, -0.2) is 4.98 Å². The molecule has 1 fully saturated rings. The summed E-state index contributed by atoms with van der Waals surface area (Å²) in [4.78, 5) is 5.81. The van der Waals surface area contributed by atoms with E-state index in [4.69, 9.17) is 4.74 Å². The first-order chi connectivity index (χ1) is 10.2. The number of hydrogen-bond acceptors (Lipinski definition) is 4. The van der Waals surface area contributed by atoms with Gasteiger partial charge in [-0.2, -0.15) is 0 Å². The van der Waals surface area contributed by atoms with Crippen LogP contribution in [0, 0.1) is 13.8 Å². The van der Waals surface area contributed by atoms with E-state index in [0.29, 0.717) is 6.61 Å². The van der Waals surface area contributed by atoms with Crippen LogP contribution in [-0.4, -0.2) is 17.6 Å². The summed E-state index contributed by atoms with van der Waals surface area (Å²) in [5, 5.41) is 4.68. The lowest BCUT2D eigenvalue weighted by Gasteiger charge is -2.10. The Morgan fingerprint density at radius 2 is 2.05 bits per heavy atom. The van der Waals surface area contributed by atoms with Crippen molar-refractivity contribution in [2.24, 2.45) is 0 Å². The minimum Gasteiger partial charge on any atom is -0.493 e. The number of ether oxygens (including phenoxy) is 1. The maximum atomic E-state index is 5.94. The molecule has 112 valence electrons. The summed E-state index contributed by atoms with van der Waals surface area (Å²) in [6.07, 6.45) is 5.53. The number of aromatic nitrogens is 1. The lowest BCUT2D eigenvalue weighted by molar-refractivity contribution is 0.317. The van der Waals surface area contributed by atoms with Crippen molar-refractivity contribution in [3.63, 3.8) is 0 Å². The van der Waals surface area contributed by atoms with Crippen molar-refractivity contribution in [1.82, 2.24) is 10.3 Å². The van der Waals surface area contributed by atoms with Crippen LogP contribution in [0.2, 0.25) is 0 Å². The third-order valence-corrected chi connectivity index (χ3v) is 4.77. The summed E-state index contributed by atoms with van der Waals surface area (Å²) in [7, 11) is 0. The molecule has 0 bridgehead atoms. The van der Waals surface area contributed by atoms with Crippen molar-refractivity contribution in [2.75, 3.05) is 6.61 Å². The summed E-state index contributed by atoms with van der Waals surface area (Å²) in [5.41, 5.74) is 2.40. The fourth-order valence-corrected chi connectivity index (χ4v) is 3.20. The van der Waals surface area contributed by atoms with Gasteiger partial charge in [-0.3, -0.25) is 0 Å². The van der Waals surface area contributed by atoms with Crippen LogP contribution in [0.3, 0.4) is 0 Å². The van der Waals surface area contributed by atoms with E-state index in [2.05, 4.69) is 42.3 Å². The maximum absolute atomic E-state index is 5.94. The minimum atomic E-state index is 0.689. The van der Waals surface area contributed by atoms with Crippen LogP contribution in [0.5, 0.6) is 5.75 Å². The second-order valence-electron chi connectivity index (χ2n) is 5.69. The van der Waals surface area contributed by atoms with Gasteiger partial charge in [0.25, 0.3) is 0 Å². The first-order valence-corrected chi connectivity index (χ1v) is 8.40. The van der Waals surface area contributed by atoms with E-state index in [1.807, 2.05) is 6.20 Å². The van der Waals surface area contributed by atoms with Gasteiger partial charge in [0.15, 0.2) is 0 Å². The molecule has 1 saturated carbocycles. The molecule has 1 aromatic carbocycles. The molecular weight excluding hydrogens is 280 g/mol. The summed E-state index contributed by atoms with van der Waals surface area (Å²) in [6.45, 7) is 5.83. The van der Waals surface area contributed by atoms with Crippen molar-refractivity contribution in [2.45, 2.75) is 45.7 Å². The first-order valence-electron chi connectivity index (χ1n) is 7.58. The number of hydrogen-bond donors (Lipinski definition) is 1. The van der Waals surface area contributed by atoms with E-state index >= 15 is 0 Å². The summed E-state index contributed by atoms with van der Waals surface area (Å²) >= 11 is 1.79. The molecule has 1 aromatic heterocycles. The molecule has 4 heteroatoms. The highest BCUT2D eigenvalue weighted by molar-refractivity contribution is 7.11. The highest BCUT2D eigenvalue weighted by Crippen LogP contribution is 2.23. The molecular formula is C17H22N2OS. The Kier molecular flexibility index (Phi) is 4.56. The van der Waals surface area contributed by atoms with Crippen molar-refractivity contribution in [3.05, 3.63) is 45.4 Å². The van der Waals surface area contributed by atoms with E-state index in [1.54, 1.807) is 11.3 Å². The molecule has 3 nitrogen and oxygen atoms in total. The van der Waals surface area contributed by atoms with Crippen molar-refractivity contribution < 1.29 is 4.74 Å². The molecule has 3 rings (SSSR count). The fourth-order valence-electron chi connectivity index (χ4n) is 2.34. The second-order valence-corrected chi connectivity index (χ2v) is 6.89. The summed E-state index contributed by atoms with van der Waals surface area (Å²) in [6, 6.07) is 7.00. The standard InChI is InChI=1S/C17H22N2OS/c1-12-4-3-5-13(2)17(12)20-9-8-16-19-11-15(21-16)10-18-14-6-7-14/h3-5,11,14,18H,6-10H2,1-2H3. The lowest BCUT2D eigenvalue weighted by atomic mass is 10.1. The lowest BCUT2D eigenvalue weighted by Crippen LogP contribution is -2.14. The first kappa shape index (κ1) is 14.5. The Hall–Kier alpha value is -1.39. The van der Waals surface area contributed by atoms with Gasteiger partial charge < -0.3 is 10.1 Å². The average Bonchev–Trinajstić information content (AvgIpc) is 3.19. The Bertz CT molecular complexity index is 584. The average molecular weight is 302 g/mol. The molecule has 0 unspecified atom stereocenters. The third-order valence-electron chi connectivity index (χ3n) is 3.71. The zero-order valence-electron chi connectivity index (χ0n) is 12.7. The number of nitrogens with zero attached hydrogens (tertiary/aromatic N) is 1. The van der Waals surface area contributed by atoms with E-state index in [9.17, 15) is 0 Å². The summed E-state index contributed by atoms with van der Waals surface area (Å²) in [5.74, 6) is 1.02. The largest absolute Gasteiger partial charge is 0.493 e. The normalized spacial score (nSPS) is 14.4. The van der Waals surface area contributed by atoms with Crippen LogP contribution < -0.4 is 10.1 Å². The van der Waals surface area contributed by atoms with E-state index < -0.39 is 0 Å². The molecule has 0 saturated heterocycles. The number of para-hydroxylation sites is 1. The molecule has 1 aliphatic carbocycles. The highest BCUT2D eigenvalue weighted by atomic mass is 32.1. The van der Waals surface area contributed by atoms with Crippen LogP contribution in [-0.2, 0) is 13.0 Å². The number of nitrogens with one attached hydrogen (secondary N) is 1. The Morgan fingerprint density at radius 3 is 2.76 bits per heavy atom. The maximum Gasteiger partial charge on any atom is 0.125 e. The predicted molar refractivity (Wildman–Crippen MR) is 87.1 cm³/mol. The molecule has 0 amide bonds. The molecule has 21 heavy (non-hydrogen) atoms. The van der Waals surface area contributed by atoms with Crippen molar-refractivity contribution in [1.29, 1.82) is 0 Å². The van der Waals surface area contributed by atoms with Crippen LogP contribution in [0.4, 0.5) is 0 Å². The van der Waals surface area contributed by atoms with E-state index in [0.717, 1.165) is 29.8 Å². The quantitative estimate of drug-likeness (QED) is 0.848. The fraction of sp³-hybridized carbons (Fsp3) is 0.471. The molecule has 0 atom stereocenters. The predicted octanol–water partition coefficient (Wildman–Crippen LogP) is 3.63. The van der Waals surface area contributed by atoms with E-state index in [-0.39, 0.29) is 0 Å². The molecule has 1 aliphatic rings. The van der Waals surface area contributed by atoms with Crippen LogP contribution in [0.15, 0.2) is 24.4 Å². The van der Waals surface area contributed by atoms with Gasteiger partial charge in [-0.1, -0.05) is 18.2 Å². The van der Waals surface area contributed by atoms with Gasteiger partial charge in [0.2, 0.25) is 0 Å². The van der Waals surface area contributed by atoms with Crippen molar-refractivity contribution in [3.8, 4) is 5.75 Å². The second kappa shape index (κ2) is 6.58. The number of aryl methyl sites for hydroxylation is 2. The number of benzene rings is 1. The molecule has 1 N–H and O–H groups in total. The molecule has 1 heterocycles. The molecule has 0 radical (unpaired) electrons. The van der Waals surface area contributed by atoms with Gasteiger partial charge >= 0.3 is 0 Å². The molecule has 2 aromatic rings. The topological polar surface area (TPSA) is 34.1 Å². The smallest absolute Gasteiger partial charge is 0.125 e. The minimum absolute atomic E-state index is 0.689. The summed E-state index contributed by atoms with van der Waals surface area (Å²) < 4.78 is 5.94. The van der Waals surface area contributed by atoms with Gasteiger partial charge in [-0.05, 0) is 37.8 Å². The van der Waals surface area contributed by atoms with Gasteiger partial charge in [0.1, 0.15) is 5.75 Å². The molecule has 0 aliphatic heterocycles. The van der Waals surface area contributed by atoms with Crippen LogP contribution >= 0.6 is 11.3 Å². The monoisotopic (exact) mass is 302 g/mol. The Morgan fingerprint density at radius 1 is 1.29 bits per heavy atom. The highest BCUT2D eigenvalue weighted by Gasteiger charge is 2.20. The Labute approximate surface area is 130 Å². The van der Waals surface area contributed by atoms with Crippen molar-refractivity contribution >= 4 is 11.3 Å². The van der Waals surface area contributed by atoms with Gasteiger partial charge in [-0.15, -0.1) is 11.3 Å². The molecule has 0 spiro atoms. The zero-order valence-corrected chi connectivity index (χ0v) is 13.5. The van der Waals surface area contributed by atoms with Gasteiger partial charge in [0, 0.05) is 30.1 Å². The number of rotatable bonds is 7. The van der Waals surface area contributed by atoms with Crippen LogP contribution in [0.1, 0.15) is 33.9 Å². The Balaban J connectivity index is 1.48. The van der Waals surface area contributed by atoms with E-state index in [1.165, 1.54) is 28.8 Å². The zero-order chi connectivity index (χ0) is 14.7.